The number of nitrogens with zero attached hydrogens (tertiary/aromatic N) is 2. The maximum atomic E-state index is 11.3. The van der Waals surface area contributed by atoms with Crippen molar-refractivity contribution in [1.82, 2.24) is 9.78 Å². The Morgan fingerprint density at radius 2 is 2.20 bits per heavy atom. The summed E-state index contributed by atoms with van der Waals surface area (Å²) in [6.07, 6.45) is 4.48. The summed E-state index contributed by atoms with van der Waals surface area (Å²) >= 11 is 3.55. The smallest absolute Gasteiger partial charge is 0.108 e. The van der Waals surface area contributed by atoms with Gasteiger partial charge >= 0.3 is 0 Å². The molecule has 1 aliphatic carbocycles. The van der Waals surface area contributed by atoms with Crippen LogP contribution < -0.4 is 0 Å². The molecular weight excluding hydrogens is 320 g/mol. The van der Waals surface area contributed by atoms with E-state index in [1.165, 1.54) is 0 Å². The second kappa shape index (κ2) is 5.78. The Balaban J connectivity index is 2.35. The molecule has 0 spiro atoms. The highest BCUT2D eigenvalue weighted by molar-refractivity contribution is 9.10. The van der Waals surface area contributed by atoms with Gasteiger partial charge in [0.15, 0.2) is 0 Å². The molecule has 2 atom stereocenters. The average molecular weight is 345 g/mol. The lowest BCUT2D eigenvalue weighted by Gasteiger charge is -2.44. The van der Waals surface area contributed by atoms with Gasteiger partial charge in [0.1, 0.15) is 5.60 Å². The van der Waals surface area contributed by atoms with E-state index in [1.807, 2.05) is 4.68 Å². The number of ether oxygens (including phenoxy) is 1. The summed E-state index contributed by atoms with van der Waals surface area (Å²) in [4.78, 5) is 0. The fraction of sp³-hybridized carbons (Fsp3) is 0.800. The van der Waals surface area contributed by atoms with E-state index in [-0.39, 0.29) is 5.41 Å². The molecule has 1 aromatic rings. The van der Waals surface area contributed by atoms with Gasteiger partial charge in [-0.05, 0) is 46.5 Å². The predicted octanol–water partition coefficient (Wildman–Crippen LogP) is 3.33. The first-order valence-corrected chi connectivity index (χ1v) is 8.00. The van der Waals surface area contributed by atoms with Gasteiger partial charge < -0.3 is 9.84 Å². The van der Waals surface area contributed by atoms with E-state index in [9.17, 15) is 5.11 Å². The van der Waals surface area contributed by atoms with Crippen molar-refractivity contribution in [3.63, 3.8) is 0 Å². The topological polar surface area (TPSA) is 47.3 Å². The van der Waals surface area contributed by atoms with Crippen LogP contribution in [-0.4, -0.2) is 28.6 Å². The van der Waals surface area contributed by atoms with Gasteiger partial charge in [-0.1, -0.05) is 20.8 Å². The summed E-state index contributed by atoms with van der Waals surface area (Å²) in [5.41, 5.74) is 0.223. The van der Waals surface area contributed by atoms with E-state index in [0.29, 0.717) is 19.1 Å². The third kappa shape index (κ3) is 3.26. The summed E-state index contributed by atoms with van der Waals surface area (Å²) in [6, 6.07) is 0. The monoisotopic (exact) mass is 344 g/mol. The lowest BCUT2D eigenvalue weighted by atomic mass is 9.65. The maximum Gasteiger partial charge on any atom is 0.108 e. The molecule has 0 radical (unpaired) electrons. The van der Waals surface area contributed by atoms with Gasteiger partial charge in [0.2, 0.25) is 0 Å². The van der Waals surface area contributed by atoms with Crippen LogP contribution in [0.5, 0.6) is 0 Å². The standard InChI is InChI=1S/C15H25BrN2O2/c1-11-7-14(2,3)10-15(19,8-11)13-12(16)9-17-18(13)5-6-20-4/h9,11,19H,5-8,10H2,1-4H3. The highest BCUT2D eigenvalue weighted by atomic mass is 79.9. The van der Waals surface area contributed by atoms with Crippen LogP contribution in [0, 0.1) is 11.3 Å². The molecule has 20 heavy (non-hydrogen) atoms. The average Bonchev–Trinajstić information content (AvgIpc) is 2.65. The molecule has 1 saturated carbocycles. The fourth-order valence-corrected chi connectivity index (χ4v) is 4.55. The summed E-state index contributed by atoms with van der Waals surface area (Å²) < 4.78 is 7.90. The maximum absolute atomic E-state index is 11.3. The second-order valence-electron chi connectivity index (χ2n) is 6.94. The van der Waals surface area contributed by atoms with Gasteiger partial charge in [-0.3, -0.25) is 4.68 Å². The first-order chi connectivity index (χ1) is 9.27. The Morgan fingerprint density at radius 1 is 1.50 bits per heavy atom. The Kier molecular flexibility index (Phi) is 4.62. The van der Waals surface area contributed by atoms with Gasteiger partial charge in [0, 0.05) is 7.11 Å². The van der Waals surface area contributed by atoms with E-state index < -0.39 is 5.60 Å². The Morgan fingerprint density at radius 3 is 2.80 bits per heavy atom. The summed E-state index contributed by atoms with van der Waals surface area (Å²) in [5, 5.41) is 15.6. The quantitative estimate of drug-likeness (QED) is 0.911. The zero-order valence-corrected chi connectivity index (χ0v) is 14.4. The van der Waals surface area contributed by atoms with Crippen LogP contribution in [-0.2, 0) is 16.9 Å². The molecule has 2 rings (SSSR count). The molecule has 4 nitrogen and oxygen atoms in total. The zero-order valence-electron chi connectivity index (χ0n) is 12.8. The number of methoxy groups -OCH3 is 1. The Hall–Kier alpha value is -0.390. The predicted molar refractivity (Wildman–Crippen MR) is 82.5 cm³/mol. The zero-order chi connectivity index (χ0) is 15.0. The van der Waals surface area contributed by atoms with Crippen LogP contribution in [0.1, 0.15) is 45.7 Å². The van der Waals surface area contributed by atoms with Gasteiger partial charge in [-0.25, -0.2) is 0 Å². The Bertz CT molecular complexity index is 472. The number of aliphatic hydroxyl groups is 1. The molecule has 1 N–H and O–H groups in total. The molecule has 1 aromatic heterocycles. The molecule has 1 fully saturated rings. The minimum absolute atomic E-state index is 0.141. The van der Waals surface area contributed by atoms with Gasteiger partial charge in [0.25, 0.3) is 0 Å². The molecule has 0 amide bonds. The first kappa shape index (κ1) is 16.0. The van der Waals surface area contributed by atoms with Crippen molar-refractivity contribution in [2.75, 3.05) is 13.7 Å². The summed E-state index contributed by atoms with van der Waals surface area (Å²) in [6.45, 7) is 7.94. The van der Waals surface area contributed by atoms with Gasteiger partial charge in [-0.15, -0.1) is 0 Å². The minimum Gasteiger partial charge on any atom is -0.383 e. The van der Waals surface area contributed by atoms with Crippen LogP contribution in [0.2, 0.25) is 0 Å². The molecular formula is C15H25BrN2O2. The van der Waals surface area contributed by atoms with Crippen LogP contribution in [0.15, 0.2) is 10.7 Å². The molecule has 0 aliphatic heterocycles. The summed E-state index contributed by atoms with van der Waals surface area (Å²) in [5.74, 6) is 0.501. The van der Waals surface area contributed by atoms with Crippen molar-refractivity contribution in [3.05, 3.63) is 16.4 Å². The normalized spacial score (nSPS) is 29.6. The highest BCUT2D eigenvalue weighted by Crippen LogP contribution is 2.49. The molecule has 2 unspecified atom stereocenters. The van der Waals surface area contributed by atoms with Crippen molar-refractivity contribution in [3.8, 4) is 0 Å². The SMILES string of the molecule is COCCn1ncc(Br)c1C1(O)CC(C)CC(C)(C)C1. The largest absolute Gasteiger partial charge is 0.383 e. The van der Waals surface area contributed by atoms with Crippen molar-refractivity contribution in [2.24, 2.45) is 11.3 Å². The molecule has 0 aromatic carbocycles. The van der Waals surface area contributed by atoms with Crippen molar-refractivity contribution >= 4 is 15.9 Å². The lowest BCUT2D eigenvalue weighted by molar-refractivity contribution is -0.0703. The van der Waals surface area contributed by atoms with E-state index in [1.54, 1.807) is 13.3 Å². The molecule has 5 heteroatoms. The van der Waals surface area contributed by atoms with E-state index in [2.05, 4.69) is 41.8 Å². The van der Waals surface area contributed by atoms with Gasteiger partial charge in [0.05, 0.1) is 29.5 Å². The van der Waals surface area contributed by atoms with E-state index >= 15 is 0 Å². The molecule has 0 saturated heterocycles. The van der Waals surface area contributed by atoms with Crippen molar-refractivity contribution in [2.45, 2.75) is 52.2 Å². The fourth-order valence-electron chi connectivity index (χ4n) is 3.88. The third-order valence-electron chi connectivity index (χ3n) is 4.10. The van der Waals surface area contributed by atoms with Gasteiger partial charge in [-0.2, -0.15) is 5.10 Å². The number of halogens is 1. The van der Waals surface area contributed by atoms with Crippen LogP contribution in [0.4, 0.5) is 0 Å². The summed E-state index contributed by atoms with van der Waals surface area (Å²) in [7, 11) is 1.68. The van der Waals surface area contributed by atoms with E-state index in [0.717, 1.165) is 29.4 Å². The highest BCUT2D eigenvalue weighted by Gasteiger charge is 2.45. The number of aromatic nitrogens is 2. The molecule has 0 bridgehead atoms. The van der Waals surface area contributed by atoms with Crippen molar-refractivity contribution in [1.29, 1.82) is 0 Å². The van der Waals surface area contributed by atoms with Crippen molar-refractivity contribution < 1.29 is 9.84 Å². The lowest BCUT2D eigenvalue weighted by Crippen LogP contribution is -2.41. The number of hydrogen-bond donors (Lipinski definition) is 1. The third-order valence-corrected chi connectivity index (χ3v) is 4.68. The number of rotatable bonds is 4. The van der Waals surface area contributed by atoms with E-state index in [4.69, 9.17) is 4.74 Å². The molecule has 1 aliphatic rings. The van der Waals surface area contributed by atoms with Crippen LogP contribution >= 0.6 is 15.9 Å². The van der Waals surface area contributed by atoms with Crippen LogP contribution in [0.3, 0.4) is 0 Å². The number of hydrogen-bond acceptors (Lipinski definition) is 3. The molecule has 114 valence electrons. The first-order valence-electron chi connectivity index (χ1n) is 7.20. The second-order valence-corrected chi connectivity index (χ2v) is 7.80. The van der Waals surface area contributed by atoms with Crippen LogP contribution in [0.25, 0.3) is 0 Å². The Labute approximate surface area is 129 Å². The minimum atomic E-state index is -0.815. The molecule has 1 heterocycles.